The van der Waals surface area contributed by atoms with Crippen molar-refractivity contribution >= 4 is 5.91 Å². The van der Waals surface area contributed by atoms with Crippen LogP contribution in [0.5, 0.6) is 0 Å². The van der Waals surface area contributed by atoms with Gasteiger partial charge in [0.15, 0.2) is 0 Å². The molecule has 3 rings (SSSR count). The number of benzene rings is 1. The highest BCUT2D eigenvalue weighted by atomic mass is 19.4. The molecule has 110 valence electrons. The normalized spacial score (nSPS) is 14.9. The minimum Gasteiger partial charge on any atom is -0.339 e. The Balaban J connectivity index is 1.80. The average molecular weight is 297 g/mol. The molecular weight excluding hydrogens is 287 g/mol. The van der Waals surface area contributed by atoms with Crippen LogP contribution < -0.4 is 0 Å². The lowest BCUT2D eigenvalue weighted by molar-refractivity contribution is -0.159. The Labute approximate surface area is 117 Å². The summed E-state index contributed by atoms with van der Waals surface area (Å²) in [7, 11) is 0. The van der Waals surface area contributed by atoms with E-state index >= 15 is 0 Å². The van der Waals surface area contributed by atoms with Crippen molar-refractivity contribution in [3.63, 3.8) is 0 Å². The van der Waals surface area contributed by atoms with Gasteiger partial charge in [-0.2, -0.15) is 18.2 Å². The Kier molecular flexibility index (Phi) is 3.15. The Bertz CT molecular complexity index is 660. The highest BCUT2D eigenvalue weighted by Gasteiger charge is 2.38. The van der Waals surface area contributed by atoms with Crippen molar-refractivity contribution in [3.8, 4) is 11.4 Å². The van der Waals surface area contributed by atoms with Gasteiger partial charge in [0, 0.05) is 24.2 Å². The summed E-state index contributed by atoms with van der Waals surface area (Å²) in [4.78, 5) is 16.9. The van der Waals surface area contributed by atoms with Crippen LogP contribution in [-0.4, -0.2) is 34.0 Å². The number of aromatic nitrogens is 2. The van der Waals surface area contributed by atoms with E-state index in [2.05, 4.69) is 14.7 Å². The van der Waals surface area contributed by atoms with Crippen LogP contribution in [0, 0.1) is 0 Å². The van der Waals surface area contributed by atoms with E-state index in [1.807, 2.05) is 0 Å². The molecule has 1 amide bonds. The van der Waals surface area contributed by atoms with Crippen LogP contribution in [0.3, 0.4) is 0 Å². The Morgan fingerprint density at radius 2 is 1.86 bits per heavy atom. The van der Waals surface area contributed by atoms with E-state index in [1.54, 1.807) is 17.0 Å². The van der Waals surface area contributed by atoms with Crippen molar-refractivity contribution < 1.29 is 22.5 Å². The molecule has 0 saturated carbocycles. The summed E-state index contributed by atoms with van der Waals surface area (Å²) >= 11 is 0. The lowest BCUT2D eigenvalue weighted by Gasteiger charge is -2.30. The topological polar surface area (TPSA) is 59.2 Å². The number of nitrogens with zero attached hydrogens (tertiary/aromatic N) is 3. The number of carbonyl (C=O) groups excluding carboxylic acids is 1. The molecule has 1 fully saturated rings. The number of halogens is 3. The molecule has 0 atom stereocenters. The first-order valence-electron chi connectivity index (χ1n) is 6.26. The summed E-state index contributed by atoms with van der Waals surface area (Å²) in [6, 6.07) is 6.08. The summed E-state index contributed by atoms with van der Waals surface area (Å²) < 4.78 is 41.3. The summed E-state index contributed by atoms with van der Waals surface area (Å²) in [6.07, 6.45) is -3.68. The van der Waals surface area contributed by atoms with E-state index in [4.69, 9.17) is 0 Å². The molecule has 5 nitrogen and oxygen atoms in total. The second kappa shape index (κ2) is 4.87. The number of carbonyl (C=O) groups is 1. The molecule has 0 N–H and O–H groups in total. The van der Waals surface area contributed by atoms with E-state index < -0.39 is 12.1 Å². The van der Waals surface area contributed by atoms with Crippen molar-refractivity contribution in [2.45, 2.75) is 12.6 Å². The van der Waals surface area contributed by atoms with Crippen LogP contribution in [0.2, 0.25) is 0 Å². The SMILES string of the molecule is O=C(c1ccc(-c2noc(C(F)(F)F)n2)cc1)N1CCC1. The molecule has 1 aliphatic heterocycles. The molecule has 1 aromatic heterocycles. The predicted molar refractivity (Wildman–Crippen MR) is 65.3 cm³/mol. The molecule has 21 heavy (non-hydrogen) atoms. The van der Waals surface area contributed by atoms with Gasteiger partial charge in [-0.1, -0.05) is 17.3 Å². The van der Waals surface area contributed by atoms with Crippen LogP contribution in [-0.2, 0) is 6.18 Å². The van der Waals surface area contributed by atoms with Gasteiger partial charge in [-0.15, -0.1) is 0 Å². The number of amides is 1. The minimum atomic E-state index is -4.67. The maximum atomic E-state index is 12.4. The molecule has 0 bridgehead atoms. The zero-order valence-electron chi connectivity index (χ0n) is 10.7. The summed E-state index contributed by atoms with van der Waals surface area (Å²) in [5.41, 5.74) is 0.840. The van der Waals surface area contributed by atoms with E-state index in [-0.39, 0.29) is 11.7 Å². The van der Waals surface area contributed by atoms with E-state index in [0.717, 1.165) is 19.5 Å². The van der Waals surface area contributed by atoms with Crippen molar-refractivity contribution in [3.05, 3.63) is 35.7 Å². The van der Waals surface area contributed by atoms with Gasteiger partial charge in [-0.05, 0) is 18.6 Å². The number of hydrogen-bond donors (Lipinski definition) is 0. The molecule has 0 aliphatic carbocycles. The number of hydrogen-bond acceptors (Lipinski definition) is 4. The van der Waals surface area contributed by atoms with Crippen molar-refractivity contribution in [2.75, 3.05) is 13.1 Å². The maximum absolute atomic E-state index is 12.4. The molecule has 1 aromatic carbocycles. The lowest BCUT2D eigenvalue weighted by atomic mass is 10.1. The third kappa shape index (κ3) is 2.61. The molecule has 2 heterocycles. The third-order valence-electron chi connectivity index (χ3n) is 3.20. The summed E-state index contributed by atoms with van der Waals surface area (Å²) in [6.45, 7) is 1.47. The molecule has 0 unspecified atom stereocenters. The van der Waals surface area contributed by atoms with Crippen molar-refractivity contribution in [2.24, 2.45) is 0 Å². The lowest BCUT2D eigenvalue weighted by Crippen LogP contribution is -2.41. The van der Waals surface area contributed by atoms with Gasteiger partial charge in [0.1, 0.15) is 0 Å². The second-order valence-corrected chi connectivity index (χ2v) is 4.64. The van der Waals surface area contributed by atoms with Gasteiger partial charge in [0.25, 0.3) is 5.91 Å². The smallest absolute Gasteiger partial charge is 0.339 e. The Morgan fingerprint density at radius 1 is 1.19 bits per heavy atom. The molecule has 0 spiro atoms. The monoisotopic (exact) mass is 297 g/mol. The van der Waals surface area contributed by atoms with Gasteiger partial charge in [-0.3, -0.25) is 4.79 Å². The van der Waals surface area contributed by atoms with Crippen LogP contribution in [0.25, 0.3) is 11.4 Å². The summed E-state index contributed by atoms with van der Waals surface area (Å²) in [5.74, 6) is -1.64. The van der Waals surface area contributed by atoms with E-state index in [0.29, 0.717) is 11.1 Å². The molecule has 1 aliphatic rings. The van der Waals surface area contributed by atoms with Gasteiger partial charge in [0.05, 0.1) is 0 Å². The first kappa shape index (κ1) is 13.6. The van der Waals surface area contributed by atoms with Crippen LogP contribution in [0.1, 0.15) is 22.7 Å². The van der Waals surface area contributed by atoms with E-state index in [1.165, 1.54) is 12.1 Å². The zero-order chi connectivity index (χ0) is 15.0. The standard InChI is InChI=1S/C13H10F3N3O2/c14-13(15,16)12-17-10(18-21-12)8-2-4-9(5-3-8)11(20)19-6-1-7-19/h2-5H,1,6-7H2. The first-order chi connectivity index (χ1) is 9.95. The maximum Gasteiger partial charge on any atom is 0.471 e. The van der Waals surface area contributed by atoms with Crippen LogP contribution >= 0.6 is 0 Å². The number of likely N-dealkylation sites (tertiary alicyclic amines) is 1. The highest BCUT2D eigenvalue weighted by Crippen LogP contribution is 2.29. The summed E-state index contributed by atoms with van der Waals surface area (Å²) in [5, 5.41) is 3.29. The molecule has 8 heteroatoms. The molecule has 0 radical (unpaired) electrons. The van der Waals surface area contributed by atoms with Crippen molar-refractivity contribution in [1.29, 1.82) is 0 Å². The largest absolute Gasteiger partial charge is 0.471 e. The van der Waals surface area contributed by atoms with Gasteiger partial charge in [-0.25, -0.2) is 0 Å². The number of rotatable bonds is 2. The molecule has 2 aromatic rings. The van der Waals surface area contributed by atoms with E-state index in [9.17, 15) is 18.0 Å². The van der Waals surface area contributed by atoms with Crippen molar-refractivity contribution in [1.82, 2.24) is 15.0 Å². The highest BCUT2D eigenvalue weighted by molar-refractivity contribution is 5.95. The molecular formula is C13H10F3N3O2. The van der Waals surface area contributed by atoms with Gasteiger partial charge < -0.3 is 9.42 Å². The number of alkyl halides is 3. The quantitative estimate of drug-likeness (QED) is 0.855. The molecule has 1 saturated heterocycles. The second-order valence-electron chi connectivity index (χ2n) is 4.64. The first-order valence-corrected chi connectivity index (χ1v) is 6.26. The van der Waals surface area contributed by atoms with Crippen LogP contribution in [0.4, 0.5) is 13.2 Å². The van der Waals surface area contributed by atoms with Crippen LogP contribution in [0.15, 0.2) is 28.8 Å². The average Bonchev–Trinajstić information content (AvgIpc) is 2.86. The fourth-order valence-corrected chi connectivity index (χ4v) is 1.92. The van der Waals surface area contributed by atoms with Gasteiger partial charge >= 0.3 is 12.1 Å². The zero-order valence-corrected chi connectivity index (χ0v) is 10.7. The fourth-order valence-electron chi connectivity index (χ4n) is 1.92. The van der Waals surface area contributed by atoms with Gasteiger partial charge in [0.2, 0.25) is 5.82 Å². The minimum absolute atomic E-state index is 0.0862. The Morgan fingerprint density at radius 3 is 2.33 bits per heavy atom. The fraction of sp³-hybridized carbons (Fsp3) is 0.308. The third-order valence-corrected chi connectivity index (χ3v) is 3.20. The Hall–Kier alpha value is -2.38. The predicted octanol–water partition coefficient (Wildman–Crippen LogP) is 2.60.